The number of carbonyl (C=O) groups excluding carboxylic acids is 2. The summed E-state index contributed by atoms with van der Waals surface area (Å²) >= 11 is 0. The van der Waals surface area contributed by atoms with Crippen molar-refractivity contribution in [2.75, 3.05) is 26.4 Å². The fourth-order valence-corrected chi connectivity index (χ4v) is 6.88. The Labute approximate surface area is 304 Å². The van der Waals surface area contributed by atoms with Gasteiger partial charge in [-0.15, -0.1) is 0 Å². The number of ether oxygens (including phenoxy) is 7. The van der Waals surface area contributed by atoms with Crippen molar-refractivity contribution in [3.63, 3.8) is 0 Å². The Hall–Kier alpha value is -1.78. The topological polar surface area (TPSA) is 345 Å². The molecule has 4 saturated heterocycles. The molecule has 0 saturated carbocycles. The minimum absolute atomic E-state index is 0.360. The minimum Gasteiger partial charge on any atom is -0.394 e. The third-order valence-corrected chi connectivity index (χ3v) is 9.71. The van der Waals surface area contributed by atoms with Gasteiger partial charge >= 0.3 is 0 Å². The molecule has 0 aromatic carbocycles. The van der Waals surface area contributed by atoms with Crippen molar-refractivity contribution >= 4 is 11.8 Å². The van der Waals surface area contributed by atoms with Gasteiger partial charge in [-0.2, -0.15) is 0 Å². The van der Waals surface area contributed by atoms with Crippen molar-refractivity contribution in [2.24, 2.45) is 5.92 Å². The normalized spacial score (nSPS) is 46.6. The molecule has 8 unspecified atom stereocenters. The van der Waals surface area contributed by atoms with E-state index in [0.717, 1.165) is 6.92 Å². The molecule has 4 heterocycles. The zero-order chi connectivity index (χ0) is 39.5. The van der Waals surface area contributed by atoms with Crippen LogP contribution in [0.4, 0.5) is 0 Å². The summed E-state index contributed by atoms with van der Waals surface area (Å²) in [4.78, 5) is 24.5. The highest BCUT2D eigenvalue weighted by Crippen LogP contribution is 2.34. The number of aliphatic hydroxyl groups is 11. The first-order valence-corrected chi connectivity index (χ1v) is 17.3. The van der Waals surface area contributed by atoms with Gasteiger partial charge in [-0.1, -0.05) is 13.8 Å². The Morgan fingerprint density at radius 1 is 0.547 bits per heavy atom. The maximum absolute atomic E-state index is 12.3. The predicted octanol–water partition coefficient (Wildman–Crippen LogP) is -7.75. The van der Waals surface area contributed by atoms with Crippen molar-refractivity contribution in [1.29, 1.82) is 0 Å². The molecule has 53 heavy (non-hydrogen) atoms. The third-order valence-electron chi connectivity index (χ3n) is 9.71. The summed E-state index contributed by atoms with van der Waals surface area (Å²) in [6, 6.07) is -2.52. The van der Waals surface area contributed by atoms with Gasteiger partial charge in [0.25, 0.3) is 0 Å². The first-order chi connectivity index (χ1) is 24.9. The van der Waals surface area contributed by atoms with Gasteiger partial charge in [0.15, 0.2) is 18.9 Å². The van der Waals surface area contributed by atoms with E-state index in [1.165, 1.54) is 6.92 Å². The summed E-state index contributed by atoms with van der Waals surface area (Å²) in [7, 11) is 0. The average Bonchev–Trinajstić information content (AvgIpc) is 3.11. The highest BCUT2D eigenvalue weighted by atomic mass is 16.7. The molecule has 4 fully saturated rings. The second-order valence-corrected chi connectivity index (χ2v) is 14.0. The van der Waals surface area contributed by atoms with Gasteiger partial charge in [0.05, 0.1) is 38.6 Å². The van der Waals surface area contributed by atoms with Crippen LogP contribution in [0.1, 0.15) is 27.7 Å². The van der Waals surface area contributed by atoms with Crippen LogP contribution in [0.15, 0.2) is 0 Å². The van der Waals surface area contributed by atoms with E-state index >= 15 is 0 Å². The van der Waals surface area contributed by atoms with Crippen molar-refractivity contribution in [3.05, 3.63) is 0 Å². The maximum Gasteiger partial charge on any atom is 0.217 e. The molecule has 13 N–H and O–H groups in total. The van der Waals surface area contributed by atoms with Gasteiger partial charge in [-0.25, -0.2) is 0 Å². The second kappa shape index (κ2) is 18.9. The van der Waals surface area contributed by atoms with Crippen LogP contribution in [0.25, 0.3) is 0 Å². The standard InChI is InChI=1S/C31H54N2O20/c1-9(2)26-17(33-11(4)38)28(53-31-25(46)23(44)19(40)13(6-35)50-31)20(41)15(48-26)8-47-29-16(32-10(3)37)21(42)27(14(7-36)51-29)52-30-24(45)22(43)18(39)12(5-34)49-30/h9,12-31,34-36,39-46H,5-8H2,1-4H3,(H,32,37)(H,33,38)/t12?,13?,14?,15?,16?,17-,18+,19+,20+,21-,22+,23+,24?,25?,26-,27-,28?,29-,30+,31+/m1/s1. The number of rotatable bonds is 13. The van der Waals surface area contributed by atoms with E-state index in [1.54, 1.807) is 13.8 Å². The van der Waals surface area contributed by atoms with Gasteiger partial charge in [-0.05, 0) is 5.92 Å². The van der Waals surface area contributed by atoms with E-state index in [4.69, 9.17) is 33.2 Å². The van der Waals surface area contributed by atoms with Crippen LogP contribution in [0.2, 0.25) is 0 Å². The largest absolute Gasteiger partial charge is 0.394 e. The fraction of sp³-hybridized carbons (Fsp3) is 0.935. The van der Waals surface area contributed by atoms with Crippen LogP contribution in [-0.2, 0) is 42.7 Å². The first-order valence-electron chi connectivity index (χ1n) is 17.3. The molecule has 4 aliphatic rings. The number of hydrogen-bond acceptors (Lipinski definition) is 20. The number of amides is 2. The lowest BCUT2D eigenvalue weighted by Crippen LogP contribution is -2.69. The quantitative estimate of drug-likeness (QED) is 0.0826. The number of aliphatic hydroxyl groups excluding tert-OH is 11. The van der Waals surface area contributed by atoms with Gasteiger partial charge in [0, 0.05) is 13.8 Å². The molecule has 22 heteroatoms. The van der Waals surface area contributed by atoms with Crippen LogP contribution in [0, 0.1) is 5.92 Å². The lowest BCUT2D eigenvalue weighted by atomic mass is 9.87. The number of hydrogen-bond donors (Lipinski definition) is 13. The predicted molar refractivity (Wildman–Crippen MR) is 170 cm³/mol. The molecule has 20 atom stereocenters. The Morgan fingerprint density at radius 3 is 1.45 bits per heavy atom. The van der Waals surface area contributed by atoms with E-state index in [1.807, 2.05) is 0 Å². The molecule has 308 valence electrons. The Bertz CT molecular complexity index is 1180. The Balaban J connectivity index is 1.56. The summed E-state index contributed by atoms with van der Waals surface area (Å²) in [6.45, 7) is 2.93. The molecule has 0 spiro atoms. The SMILES string of the molecule is CC(=O)NC1[C@H](OCC2O[C@H](C(C)C)[C@@H](NC(C)=O)C(O[C@@H]3OC(CO)[C@H](O)[C@H](O)C3O)[C@H]2O)OC(CO)[C@@H](O[C@@H]2OC(CO)[C@H](O)[C@H](O)C2O)[C@@H]1O. The van der Waals surface area contributed by atoms with Gasteiger partial charge in [0.1, 0.15) is 91.5 Å². The third kappa shape index (κ3) is 9.79. The minimum atomic E-state index is -1.87. The fourth-order valence-electron chi connectivity index (χ4n) is 6.88. The van der Waals surface area contributed by atoms with E-state index < -0.39 is 161 Å². The smallest absolute Gasteiger partial charge is 0.217 e. The van der Waals surface area contributed by atoms with Crippen LogP contribution in [0.5, 0.6) is 0 Å². The van der Waals surface area contributed by atoms with Crippen LogP contribution in [0.3, 0.4) is 0 Å². The monoisotopic (exact) mass is 774 g/mol. The molecular formula is C31H54N2O20. The molecule has 4 aliphatic heterocycles. The van der Waals surface area contributed by atoms with Crippen LogP contribution < -0.4 is 10.6 Å². The highest BCUT2D eigenvalue weighted by molar-refractivity contribution is 5.73. The first kappa shape index (κ1) is 43.9. The highest BCUT2D eigenvalue weighted by Gasteiger charge is 2.54. The lowest BCUT2D eigenvalue weighted by molar-refractivity contribution is -0.352. The van der Waals surface area contributed by atoms with E-state index in [2.05, 4.69) is 10.6 Å². The van der Waals surface area contributed by atoms with Crippen molar-refractivity contribution < 1.29 is 98.9 Å². The van der Waals surface area contributed by atoms with E-state index in [9.17, 15) is 65.8 Å². The van der Waals surface area contributed by atoms with Crippen molar-refractivity contribution in [3.8, 4) is 0 Å². The lowest BCUT2D eigenvalue weighted by Gasteiger charge is -2.49. The molecule has 0 aromatic rings. The van der Waals surface area contributed by atoms with E-state index in [0.29, 0.717) is 0 Å². The van der Waals surface area contributed by atoms with Crippen LogP contribution >= 0.6 is 0 Å². The molecule has 0 aromatic heterocycles. The van der Waals surface area contributed by atoms with E-state index in [-0.39, 0.29) is 5.92 Å². The molecule has 4 rings (SSSR count). The zero-order valence-corrected chi connectivity index (χ0v) is 29.5. The Kier molecular flexibility index (Phi) is 15.7. The summed E-state index contributed by atoms with van der Waals surface area (Å²) in [6.07, 6.45) is -28.5. The number of nitrogens with one attached hydrogen (secondary N) is 2. The zero-order valence-electron chi connectivity index (χ0n) is 29.5. The second-order valence-electron chi connectivity index (χ2n) is 14.0. The molecule has 0 radical (unpaired) electrons. The van der Waals surface area contributed by atoms with Gasteiger partial charge in [0.2, 0.25) is 11.8 Å². The number of carbonyl (C=O) groups is 2. The summed E-state index contributed by atoms with van der Waals surface area (Å²) in [5, 5.41) is 120. The molecular weight excluding hydrogens is 720 g/mol. The van der Waals surface area contributed by atoms with Gasteiger partial charge < -0.3 is 100.0 Å². The summed E-state index contributed by atoms with van der Waals surface area (Å²) < 4.78 is 40.5. The molecule has 0 bridgehead atoms. The Morgan fingerprint density at radius 2 is 1.00 bits per heavy atom. The molecule has 2 amide bonds. The van der Waals surface area contributed by atoms with Crippen molar-refractivity contribution in [2.45, 2.75) is 150 Å². The molecule has 0 aliphatic carbocycles. The maximum atomic E-state index is 12.3. The summed E-state index contributed by atoms with van der Waals surface area (Å²) in [5.74, 6) is -1.56. The van der Waals surface area contributed by atoms with Crippen LogP contribution in [-0.4, -0.2) is 217 Å². The average molecular weight is 775 g/mol. The van der Waals surface area contributed by atoms with Gasteiger partial charge in [-0.3, -0.25) is 9.59 Å². The summed E-state index contributed by atoms with van der Waals surface area (Å²) in [5.41, 5.74) is 0. The van der Waals surface area contributed by atoms with Crippen molar-refractivity contribution in [1.82, 2.24) is 10.6 Å². The molecule has 22 nitrogen and oxygen atoms in total.